The summed E-state index contributed by atoms with van der Waals surface area (Å²) in [5.41, 5.74) is 5.29. The summed E-state index contributed by atoms with van der Waals surface area (Å²) in [6, 6.07) is 0. The third kappa shape index (κ3) is 3.82. The van der Waals surface area contributed by atoms with E-state index in [2.05, 4.69) is 10.3 Å². The molecule has 0 saturated carbocycles. The molecule has 0 saturated heterocycles. The third-order valence-electron chi connectivity index (χ3n) is 1.56. The van der Waals surface area contributed by atoms with E-state index < -0.39 is 5.92 Å². The van der Waals surface area contributed by atoms with E-state index >= 15 is 0 Å². The summed E-state index contributed by atoms with van der Waals surface area (Å²) in [6.07, 6.45) is 1.74. The van der Waals surface area contributed by atoms with Gasteiger partial charge in [0.15, 0.2) is 5.82 Å². The van der Waals surface area contributed by atoms with Gasteiger partial charge in [-0.25, -0.2) is 8.78 Å². The summed E-state index contributed by atoms with van der Waals surface area (Å²) < 4.78 is 26.2. The minimum Gasteiger partial charge on any atom is -0.381 e. The average Bonchev–Trinajstić information content (AvgIpc) is 2.33. The van der Waals surface area contributed by atoms with Crippen LogP contribution in [0.5, 0.6) is 0 Å². The molecule has 74 valence electrons. The molecule has 0 aromatic carbocycles. The highest BCUT2D eigenvalue weighted by Gasteiger charge is 2.19. The Balaban J connectivity index is 2.28. The molecule has 1 aromatic heterocycles. The van der Waals surface area contributed by atoms with Gasteiger partial charge in [-0.3, -0.25) is 4.68 Å². The molecule has 0 amide bonds. The number of nitrogens with two attached hydrogens (primary N) is 1. The zero-order valence-corrected chi connectivity index (χ0v) is 7.37. The Hall–Kier alpha value is -1.20. The molecule has 1 rings (SSSR count). The smallest absolute Gasteiger partial charge is 0.245 e. The molecule has 0 aliphatic heterocycles. The first-order chi connectivity index (χ1) is 5.97. The molecule has 6 heteroatoms. The normalized spacial score (nSPS) is 11.9. The summed E-state index contributed by atoms with van der Waals surface area (Å²) >= 11 is 0. The van der Waals surface area contributed by atoms with E-state index in [1.54, 1.807) is 0 Å². The third-order valence-corrected chi connectivity index (χ3v) is 1.56. The monoisotopic (exact) mass is 190 g/mol. The molecular formula is C7H12F2N4. The van der Waals surface area contributed by atoms with Crippen molar-refractivity contribution < 1.29 is 8.78 Å². The predicted molar refractivity (Wildman–Crippen MR) is 44.3 cm³/mol. The fourth-order valence-corrected chi connectivity index (χ4v) is 0.974. The van der Waals surface area contributed by atoms with Crippen molar-refractivity contribution in [1.82, 2.24) is 15.0 Å². The number of anilines is 1. The van der Waals surface area contributed by atoms with Crippen molar-refractivity contribution in [2.45, 2.75) is 32.2 Å². The summed E-state index contributed by atoms with van der Waals surface area (Å²) in [7, 11) is 0. The lowest BCUT2D eigenvalue weighted by Gasteiger charge is -2.08. The fourth-order valence-electron chi connectivity index (χ4n) is 0.974. The van der Waals surface area contributed by atoms with Gasteiger partial charge in [0.1, 0.15) is 0 Å². The van der Waals surface area contributed by atoms with Crippen LogP contribution in [0.3, 0.4) is 0 Å². The molecule has 2 N–H and O–H groups in total. The van der Waals surface area contributed by atoms with Gasteiger partial charge in [0.2, 0.25) is 5.92 Å². The molecular weight excluding hydrogens is 178 g/mol. The van der Waals surface area contributed by atoms with E-state index in [4.69, 9.17) is 5.73 Å². The Morgan fingerprint density at radius 1 is 1.62 bits per heavy atom. The van der Waals surface area contributed by atoms with Crippen molar-refractivity contribution in [2.24, 2.45) is 0 Å². The number of aromatic nitrogens is 3. The number of aryl methyl sites for hydroxylation is 1. The Bertz CT molecular complexity index is 266. The zero-order valence-electron chi connectivity index (χ0n) is 7.37. The number of alkyl halides is 2. The number of nitrogen functional groups attached to an aromatic ring is 1. The highest BCUT2D eigenvalue weighted by Crippen LogP contribution is 2.18. The van der Waals surface area contributed by atoms with Crippen molar-refractivity contribution >= 4 is 5.82 Å². The van der Waals surface area contributed by atoms with Crippen LogP contribution >= 0.6 is 0 Å². The average molecular weight is 190 g/mol. The number of nitrogens with zero attached hydrogens (tertiary/aromatic N) is 3. The number of hydrogen-bond donors (Lipinski definition) is 1. The summed E-state index contributed by atoms with van der Waals surface area (Å²) in [4.78, 5) is 0. The number of rotatable bonds is 4. The van der Waals surface area contributed by atoms with Gasteiger partial charge in [-0.05, 0) is 13.3 Å². The molecule has 0 unspecified atom stereocenters. The molecule has 0 aliphatic rings. The largest absolute Gasteiger partial charge is 0.381 e. The van der Waals surface area contributed by atoms with Gasteiger partial charge >= 0.3 is 0 Å². The van der Waals surface area contributed by atoms with Crippen molar-refractivity contribution in [2.75, 3.05) is 5.73 Å². The van der Waals surface area contributed by atoms with E-state index in [0.29, 0.717) is 18.8 Å². The zero-order chi connectivity index (χ0) is 9.90. The Labute approximate surface area is 74.7 Å². The van der Waals surface area contributed by atoms with E-state index in [9.17, 15) is 8.78 Å². The Morgan fingerprint density at radius 3 is 2.77 bits per heavy atom. The lowest BCUT2D eigenvalue weighted by atomic mass is 10.2. The van der Waals surface area contributed by atoms with Crippen molar-refractivity contribution in [3.8, 4) is 0 Å². The first kappa shape index (κ1) is 9.88. The van der Waals surface area contributed by atoms with Crippen LogP contribution in [0.4, 0.5) is 14.6 Å². The second-order valence-corrected chi connectivity index (χ2v) is 3.08. The van der Waals surface area contributed by atoms with Crippen molar-refractivity contribution in [1.29, 1.82) is 0 Å². The van der Waals surface area contributed by atoms with Gasteiger partial charge in [-0.1, -0.05) is 5.21 Å². The number of hydrogen-bond acceptors (Lipinski definition) is 3. The highest BCUT2D eigenvalue weighted by atomic mass is 19.3. The van der Waals surface area contributed by atoms with Gasteiger partial charge in [0.05, 0.1) is 6.20 Å². The molecule has 0 aliphatic carbocycles. The maximum Gasteiger partial charge on any atom is 0.245 e. The van der Waals surface area contributed by atoms with Crippen LogP contribution in [0.25, 0.3) is 0 Å². The SMILES string of the molecule is CC(F)(F)CCCn1cc(N)nn1. The van der Waals surface area contributed by atoms with Crippen LogP contribution in [0, 0.1) is 0 Å². The summed E-state index contributed by atoms with van der Waals surface area (Å²) in [5.74, 6) is -2.30. The predicted octanol–water partition coefficient (Wildman–Crippen LogP) is 1.30. The van der Waals surface area contributed by atoms with E-state index in [-0.39, 0.29) is 6.42 Å². The molecule has 13 heavy (non-hydrogen) atoms. The molecule has 0 bridgehead atoms. The quantitative estimate of drug-likeness (QED) is 0.778. The molecule has 1 heterocycles. The molecule has 0 radical (unpaired) electrons. The topological polar surface area (TPSA) is 56.7 Å². The number of halogens is 2. The second kappa shape index (κ2) is 3.68. The second-order valence-electron chi connectivity index (χ2n) is 3.08. The minimum absolute atomic E-state index is 0.146. The molecule has 0 spiro atoms. The first-order valence-electron chi connectivity index (χ1n) is 4.01. The Morgan fingerprint density at radius 2 is 2.31 bits per heavy atom. The Kier molecular flexibility index (Phi) is 2.79. The van der Waals surface area contributed by atoms with Gasteiger partial charge in [0, 0.05) is 13.0 Å². The standard InChI is InChI=1S/C7H12F2N4/c1-7(8,9)3-2-4-13-5-6(10)11-12-13/h5H,2-4,10H2,1H3. The molecule has 1 aromatic rings. The molecule has 0 atom stereocenters. The first-order valence-corrected chi connectivity index (χ1v) is 4.01. The van der Waals surface area contributed by atoms with Crippen LogP contribution in [-0.4, -0.2) is 20.9 Å². The highest BCUT2D eigenvalue weighted by molar-refractivity contribution is 5.19. The fraction of sp³-hybridized carbons (Fsp3) is 0.714. The van der Waals surface area contributed by atoms with Gasteiger partial charge < -0.3 is 5.73 Å². The van der Waals surface area contributed by atoms with Crippen LogP contribution in [0.2, 0.25) is 0 Å². The van der Waals surface area contributed by atoms with Gasteiger partial charge in [-0.15, -0.1) is 5.10 Å². The summed E-state index contributed by atoms with van der Waals surface area (Å²) in [5, 5.41) is 7.17. The van der Waals surface area contributed by atoms with Gasteiger partial charge in [0.25, 0.3) is 0 Å². The van der Waals surface area contributed by atoms with Crippen LogP contribution in [0.1, 0.15) is 19.8 Å². The summed E-state index contributed by atoms with van der Waals surface area (Å²) in [6.45, 7) is 1.33. The lowest BCUT2D eigenvalue weighted by Crippen LogP contribution is -2.11. The van der Waals surface area contributed by atoms with Crippen LogP contribution in [-0.2, 0) is 6.54 Å². The van der Waals surface area contributed by atoms with E-state index in [1.165, 1.54) is 10.9 Å². The minimum atomic E-state index is -2.61. The molecule has 0 fully saturated rings. The maximum absolute atomic E-state index is 12.4. The van der Waals surface area contributed by atoms with E-state index in [1.807, 2.05) is 0 Å². The lowest BCUT2D eigenvalue weighted by molar-refractivity contribution is 0.00967. The van der Waals surface area contributed by atoms with Crippen LogP contribution < -0.4 is 5.73 Å². The molecule has 4 nitrogen and oxygen atoms in total. The van der Waals surface area contributed by atoms with Crippen LogP contribution in [0.15, 0.2) is 6.20 Å². The maximum atomic E-state index is 12.4. The van der Waals surface area contributed by atoms with Crippen molar-refractivity contribution in [3.05, 3.63) is 6.20 Å². The van der Waals surface area contributed by atoms with Gasteiger partial charge in [-0.2, -0.15) is 0 Å². The van der Waals surface area contributed by atoms with Crippen molar-refractivity contribution in [3.63, 3.8) is 0 Å². The van der Waals surface area contributed by atoms with E-state index in [0.717, 1.165) is 6.92 Å².